The number of hydrogen-bond donors (Lipinski definition) is 1. The summed E-state index contributed by atoms with van der Waals surface area (Å²) < 4.78 is 1.75. The van der Waals surface area contributed by atoms with E-state index in [1.54, 1.807) is 4.68 Å². The first-order valence-electron chi connectivity index (χ1n) is 6.35. The predicted octanol–water partition coefficient (Wildman–Crippen LogP) is 2.25. The summed E-state index contributed by atoms with van der Waals surface area (Å²) >= 11 is 0. The predicted molar refractivity (Wildman–Crippen MR) is 69.7 cm³/mol. The van der Waals surface area contributed by atoms with Gasteiger partial charge in [0.15, 0.2) is 0 Å². The standard InChI is InChI=1S/C13H20N4/c1-3-5-10-7-8-12-13(11(10)6-4-2)15-16-17(12)9-14/h7-8H,3-6,9,14H2,1-2H3. The fourth-order valence-electron chi connectivity index (χ4n) is 2.30. The number of benzene rings is 1. The highest BCUT2D eigenvalue weighted by Gasteiger charge is 2.11. The van der Waals surface area contributed by atoms with Gasteiger partial charge >= 0.3 is 0 Å². The molecule has 0 spiro atoms. The monoisotopic (exact) mass is 232 g/mol. The van der Waals surface area contributed by atoms with Crippen LogP contribution in [0.1, 0.15) is 37.8 Å². The first kappa shape index (κ1) is 12.0. The van der Waals surface area contributed by atoms with Crippen LogP contribution in [-0.2, 0) is 19.5 Å². The molecule has 1 aromatic heterocycles. The minimum Gasteiger partial charge on any atom is -0.312 e. The molecule has 0 aliphatic rings. The van der Waals surface area contributed by atoms with Gasteiger partial charge in [-0.25, -0.2) is 4.68 Å². The van der Waals surface area contributed by atoms with Gasteiger partial charge in [-0.3, -0.25) is 0 Å². The smallest absolute Gasteiger partial charge is 0.116 e. The first-order valence-corrected chi connectivity index (χ1v) is 6.35. The molecule has 0 saturated heterocycles. The minimum absolute atomic E-state index is 0.384. The molecule has 0 aliphatic carbocycles. The van der Waals surface area contributed by atoms with E-state index >= 15 is 0 Å². The molecule has 4 heteroatoms. The van der Waals surface area contributed by atoms with Gasteiger partial charge in [0.05, 0.1) is 12.2 Å². The summed E-state index contributed by atoms with van der Waals surface area (Å²) in [6.07, 6.45) is 4.47. The van der Waals surface area contributed by atoms with Gasteiger partial charge in [-0.05, 0) is 30.0 Å². The van der Waals surface area contributed by atoms with E-state index in [0.717, 1.165) is 36.7 Å². The van der Waals surface area contributed by atoms with Gasteiger partial charge in [0.2, 0.25) is 0 Å². The third-order valence-electron chi connectivity index (χ3n) is 3.08. The molecule has 1 aromatic carbocycles. The Bertz CT molecular complexity index is 501. The molecule has 0 saturated carbocycles. The number of nitrogens with zero attached hydrogens (tertiary/aromatic N) is 3. The molecule has 2 N–H and O–H groups in total. The normalized spacial score (nSPS) is 11.2. The van der Waals surface area contributed by atoms with E-state index in [0.29, 0.717) is 6.67 Å². The summed E-state index contributed by atoms with van der Waals surface area (Å²) in [5.41, 5.74) is 10.5. The number of nitrogens with two attached hydrogens (primary N) is 1. The Morgan fingerprint density at radius 2 is 1.94 bits per heavy atom. The molecule has 17 heavy (non-hydrogen) atoms. The lowest BCUT2D eigenvalue weighted by molar-refractivity contribution is 0.627. The second-order valence-electron chi connectivity index (χ2n) is 4.34. The Hall–Kier alpha value is -1.42. The lowest BCUT2D eigenvalue weighted by Crippen LogP contribution is -2.08. The maximum Gasteiger partial charge on any atom is 0.116 e. The van der Waals surface area contributed by atoms with E-state index in [4.69, 9.17) is 5.73 Å². The topological polar surface area (TPSA) is 56.7 Å². The van der Waals surface area contributed by atoms with Crippen LogP contribution in [0.3, 0.4) is 0 Å². The largest absolute Gasteiger partial charge is 0.312 e. The van der Waals surface area contributed by atoms with Crippen LogP contribution in [0.5, 0.6) is 0 Å². The van der Waals surface area contributed by atoms with Crippen LogP contribution in [0.15, 0.2) is 12.1 Å². The molecule has 0 amide bonds. The lowest BCUT2D eigenvalue weighted by atomic mass is 9.98. The zero-order valence-corrected chi connectivity index (χ0v) is 10.6. The Labute approximate surface area is 102 Å². The third-order valence-corrected chi connectivity index (χ3v) is 3.08. The van der Waals surface area contributed by atoms with Crippen LogP contribution in [0.2, 0.25) is 0 Å². The van der Waals surface area contributed by atoms with Crippen molar-refractivity contribution >= 4 is 11.0 Å². The van der Waals surface area contributed by atoms with Crippen molar-refractivity contribution in [1.82, 2.24) is 15.0 Å². The van der Waals surface area contributed by atoms with Crippen molar-refractivity contribution in [2.75, 3.05) is 0 Å². The Morgan fingerprint density at radius 1 is 1.18 bits per heavy atom. The lowest BCUT2D eigenvalue weighted by Gasteiger charge is -2.08. The van der Waals surface area contributed by atoms with Crippen LogP contribution in [0.25, 0.3) is 11.0 Å². The zero-order valence-electron chi connectivity index (χ0n) is 10.6. The maximum atomic E-state index is 5.64. The van der Waals surface area contributed by atoms with Gasteiger partial charge in [0.1, 0.15) is 5.52 Å². The molecule has 0 fully saturated rings. The number of aryl methyl sites for hydroxylation is 2. The van der Waals surface area contributed by atoms with Crippen LogP contribution in [-0.4, -0.2) is 15.0 Å². The summed E-state index contributed by atoms with van der Waals surface area (Å²) in [6.45, 7) is 4.79. The van der Waals surface area contributed by atoms with Crippen molar-refractivity contribution in [3.05, 3.63) is 23.3 Å². The molecule has 0 aliphatic heterocycles. The molecule has 0 unspecified atom stereocenters. The average molecular weight is 232 g/mol. The minimum atomic E-state index is 0.384. The molecule has 0 bridgehead atoms. The van der Waals surface area contributed by atoms with E-state index in [9.17, 15) is 0 Å². The number of aromatic nitrogens is 3. The Kier molecular flexibility index (Phi) is 3.74. The summed E-state index contributed by atoms with van der Waals surface area (Å²) in [5.74, 6) is 0. The van der Waals surface area contributed by atoms with Crippen molar-refractivity contribution in [2.45, 2.75) is 46.2 Å². The Balaban J connectivity index is 2.58. The Morgan fingerprint density at radius 3 is 2.59 bits per heavy atom. The van der Waals surface area contributed by atoms with E-state index < -0.39 is 0 Å². The summed E-state index contributed by atoms with van der Waals surface area (Å²) in [6, 6.07) is 4.29. The maximum absolute atomic E-state index is 5.64. The van der Waals surface area contributed by atoms with E-state index in [2.05, 4.69) is 36.3 Å². The van der Waals surface area contributed by atoms with Crippen molar-refractivity contribution in [2.24, 2.45) is 5.73 Å². The van der Waals surface area contributed by atoms with Crippen LogP contribution < -0.4 is 5.73 Å². The van der Waals surface area contributed by atoms with Crippen LogP contribution in [0, 0.1) is 0 Å². The average Bonchev–Trinajstić information content (AvgIpc) is 2.75. The quantitative estimate of drug-likeness (QED) is 0.860. The highest BCUT2D eigenvalue weighted by molar-refractivity contribution is 5.79. The van der Waals surface area contributed by atoms with E-state index in [-0.39, 0.29) is 0 Å². The van der Waals surface area contributed by atoms with Gasteiger partial charge < -0.3 is 5.73 Å². The van der Waals surface area contributed by atoms with Crippen LogP contribution >= 0.6 is 0 Å². The SMILES string of the molecule is CCCc1ccc2c(nnn2CN)c1CCC. The van der Waals surface area contributed by atoms with Gasteiger partial charge in [-0.2, -0.15) is 0 Å². The van der Waals surface area contributed by atoms with Gasteiger partial charge in [-0.15, -0.1) is 5.10 Å². The second kappa shape index (κ2) is 5.27. The highest BCUT2D eigenvalue weighted by atomic mass is 15.4. The molecule has 0 atom stereocenters. The van der Waals surface area contributed by atoms with Gasteiger partial charge in [0, 0.05) is 0 Å². The molecule has 2 rings (SSSR count). The molecule has 92 valence electrons. The second-order valence-corrected chi connectivity index (χ2v) is 4.34. The fourth-order valence-corrected chi connectivity index (χ4v) is 2.30. The first-order chi connectivity index (χ1) is 8.31. The van der Waals surface area contributed by atoms with E-state index in [1.165, 1.54) is 11.1 Å². The fraction of sp³-hybridized carbons (Fsp3) is 0.538. The molecule has 4 nitrogen and oxygen atoms in total. The summed E-state index contributed by atoms with van der Waals surface area (Å²) in [7, 11) is 0. The number of hydrogen-bond acceptors (Lipinski definition) is 3. The van der Waals surface area contributed by atoms with Crippen molar-refractivity contribution in [3.8, 4) is 0 Å². The van der Waals surface area contributed by atoms with Crippen molar-refractivity contribution < 1.29 is 0 Å². The van der Waals surface area contributed by atoms with Crippen molar-refractivity contribution in [3.63, 3.8) is 0 Å². The van der Waals surface area contributed by atoms with Gasteiger partial charge in [-0.1, -0.05) is 38.0 Å². The third kappa shape index (κ3) is 2.17. The number of fused-ring (bicyclic) bond motifs is 1. The zero-order chi connectivity index (χ0) is 12.3. The summed E-state index contributed by atoms with van der Waals surface area (Å²) in [5, 5.41) is 8.38. The van der Waals surface area contributed by atoms with Crippen molar-refractivity contribution in [1.29, 1.82) is 0 Å². The van der Waals surface area contributed by atoms with E-state index in [1.807, 2.05) is 0 Å². The molecule has 1 heterocycles. The van der Waals surface area contributed by atoms with Crippen LogP contribution in [0.4, 0.5) is 0 Å². The highest BCUT2D eigenvalue weighted by Crippen LogP contribution is 2.23. The van der Waals surface area contributed by atoms with Gasteiger partial charge in [0.25, 0.3) is 0 Å². The number of rotatable bonds is 5. The molecule has 2 aromatic rings. The molecule has 0 radical (unpaired) electrons. The molecular weight excluding hydrogens is 212 g/mol. The molecular formula is C13H20N4. The summed E-state index contributed by atoms with van der Waals surface area (Å²) in [4.78, 5) is 0.